The van der Waals surface area contributed by atoms with Crippen LogP contribution in [0.3, 0.4) is 0 Å². The van der Waals surface area contributed by atoms with Crippen LogP contribution in [0, 0.1) is 0 Å². The summed E-state index contributed by atoms with van der Waals surface area (Å²) in [4.78, 5) is 23.7. The minimum atomic E-state index is -0.0623. The highest BCUT2D eigenvalue weighted by Gasteiger charge is 2.21. The highest BCUT2D eigenvalue weighted by Crippen LogP contribution is 2.25. The number of fused-ring (bicyclic) bond motifs is 1. The second-order valence-corrected chi connectivity index (χ2v) is 4.54. The number of hydrogen-bond acceptors (Lipinski definition) is 3. The van der Waals surface area contributed by atoms with E-state index < -0.39 is 0 Å². The van der Waals surface area contributed by atoms with Gasteiger partial charge in [0.1, 0.15) is 5.76 Å². The normalized spacial score (nSPS) is 13.2. The third-order valence-electron chi connectivity index (χ3n) is 3.30. The molecule has 19 heavy (non-hydrogen) atoms. The number of aryl methyl sites for hydroxylation is 1. The Balaban J connectivity index is 1.97. The zero-order valence-corrected chi connectivity index (χ0v) is 10.5. The van der Waals surface area contributed by atoms with Crippen molar-refractivity contribution in [2.24, 2.45) is 0 Å². The van der Waals surface area contributed by atoms with Crippen LogP contribution in [-0.4, -0.2) is 11.7 Å². The summed E-state index contributed by atoms with van der Waals surface area (Å²) in [6.45, 7) is 1.95. The Morgan fingerprint density at radius 3 is 3.00 bits per heavy atom. The van der Waals surface area contributed by atoms with Crippen molar-refractivity contribution in [1.29, 1.82) is 0 Å². The molecular formula is C15H13NO3. The van der Waals surface area contributed by atoms with E-state index in [1.165, 1.54) is 6.26 Å². The largest absolute Gasteiger partial charge is 0.469 e. The molecule has 1 aromatic carbocycles. The molecule has 4 heteroatoms. The lowest BCUT2D eigenvalue weighted by Gasteiger charge is -2.03. The zero-order valence-electron chi connectivity index (χ0n) is 10.5. The Hall–Kier alpha value is -2.36. The third-order valence-corrected chi connectivity index (χ3v) is 3.30. The van der Waals surface area contributed by atoms with E-state index >= 15 is 0 Å². The fraction of sp³-hybridized carbons (Fsp3) is 0.200. The lowest BCUT2D eigenvalue weighted by atomic mass is 10.00. The summed E-state index contributed by atoms with van der Waals surface area (Å²) < 4.78 is 5.28. The van der Waals surface area contributed by atoms with Gasteiger partial charge in [0.05, 0.1) is 18.2 Å². The quantitative estimate of drug-likeness (QED) is 0.857. The minimum Gasteiger partial charge on any atom is -0.469 e. The first-order valence-electron chi connectivity index (χ1n) is 6.23. The van der Waals surface area contributed by atoms with Crippen molar-refractivity contribution in [3.8, 4) is 0 Å². The van der Waals surface area contributed by atoms with Crippen LogP contribution in [0.15, 0.2) is 34.9 Å². The second-order valence-electron chi connectivity index (χ2n) is 4.54. The molecule has 1 N–H and O–H groups in total. The number of hydrogen-bond donors (Lipinski definition) is 1. The molecule has 1 aliphatic rings. The topological polar surface area (TPSA) is 59.3 Å². The van der Waals surface area contributed by atoms with Crippen LogP contribution in [0.25, 0.3) is 0 Å². The van der Waals surface area contributed by atoms with E-state index in [1.807, 2.05) is 6.92 Å². The van der Waals surface area contributed by atoms with Crippen LogP contribution in [-0.2, 0) is 17.6 Å². The highest BCUT2D eigenvalue weighted by atomic mass is 16.3. The molecule has 1 amide bonds. The van der Waals surface area contributed by atoms with Crippen LogP contribution in [0.2, 0.25) is 0 Å². The van der Waals surface area contributed by atoms with E-state index in [4.69, 9.17) is 4.42 Å². The third kappa shape index (κ3) is 1.95. The van der Waals surface area contributed by atoms with Gasteiger partial charge in [0.15, 0.2) is 5.78 Å². The lowest BCUT2D eigenvalue weighted by molar-refractivity contribution is -0.115. The number of benzene rings is 1. The van der Waals surface area contributed by atoms with Gasteiger partial charge in [-0.05, 0) is 29.8 Å². The van der Waals surface area contributed by atoms with Crippen molar-refractivity contribution in [1.82, 2.24) is 0 Å². The van der Waals surface area contributed by atoms with Gasteiger partial charge in [-0.1, -0.05) is 6.92 Å². The summed E-state index contributed by atoms with van der Waals surface area (Å²) in [7, 11) is 0. The van der Waals surface area contributed by atoms with Crippen LogP contribution in [0.5, 0.6) is 0 Å². The van der Waals surface area contributed by atoms with Crippen molar-refractivity contribution >= 4 is 17.4 Å². The number of rotatable bonds is 3. The van der Waals surface area contributed by atoms with Gasteiger partial charge in [-0.25, -0.2) is 0 Å². The van der Waals surface area contributed by atoms with Crippen LogP contribution in [0.1, 0.15) is 34.2 Å². The van der Waals surface area contributed by atoms with Crippen molar-refractivity contribution in [3.05, 3.63) is 53.0 Å². The van der Waals surface area contributed by atoms with Gasteiger partial charge < -0.3 is 9.73 Å². The molecule has 2 heterocycles. The van der Waals surface area contributed by atoms with Crippen LogP contribution in [0.4, 0.5) is 5.69 Å². The number of carbonyl (C=O) groups is 2. The highest BCUT2D eigenvalue weighted by molar-refractivity contribution is 6.10. The van der Waals surface area contributed by atoms with Gasteiger partial charge in [-0.3, -0.25) is 9.59 Å². The van der Waals surface area contributed by atoms with Crippen molar-refractivity contribution in [2.75, 3.05) is 5.32 Å². The minimum absolute atomic E-state index is 0.0304. The smallest absolute Gasteiger partial charge is 0.228 e. The molecule has 4 nitrogen and oxygen atoms in total. The van der Waals surface area contributed by atoms with E-state index in [0.29, 0.717) is 29.7 Å². The average molecular weight is 255 g/mol. The average Bonchev–Trinajstić information content (AvgIpc) is 3.01. The fourth-order valence-electron chi connectivity index (χ4n) is 2.34. The molecule has 0 unspecified atom stereocenters. The molecule has 96 valence electrons. The number of amides is 1. The Morgan fingerprint density at radius 2 is 2.21 bits per heavy atom. The Labute approximate surface area is 110 Å². The maximum absolute atomic E-state index is 12.4. The van der Waals surface area contributed by atoms with Gasteiger partial charge in [0.25, 0.3) is 0 Å². The van der Waals surface area contributed by atoms with E-state index in [2.05, 4.69) is 5.32 Å². The molecule has 0 spiro atoms. The Kier molecular flexibility index (Phi) is 2.71. The summed E-state index contributed by atoms with van der Waals surface area (Å²) in [6.07, 6.45) is 2.55. The molecular weight excluding hydrogens is 242 g/mol. The molecule has 0 fully saturated rings. The molecule has 0 radical (unpaired) electrons. The summed E-state index contributed by atoms with van der Waals surface area (Å²) in [5.41, 5.74) is 2.85. The monoisotopic (exact) mass is 255 g/mol. The maximum Gasteiger partial charge on any atom is 0.228 e. The molecule has 0 aliphatic carbocycles. The van der Waals surface area contributed by atoms with E-state index in [9.17, 15) is 9.59 Å². The number of nitrogens with one attached hydrogen (secondary N) is 1. The molecule has 0 bridgehead atoms. The molecule has 2 aromatic rings. The summed E-state index contributed by atoms with van der Waals surface area (Å²) in [5, 5.41) is 2.75. The van der Waals surface area contributed by atoms with Crippen molar-refractivity contribution in [2.45, 2.75) is 19.8 Å². The van der Waals surface area contributed by atoms with Gasteiger partial charge in [0.2, 0.25) is 5.91 Å². The van der Waals surface area contributed by atoms with Gasteiger partial charge in [-0.2, -0.15) is 0 Å². The molecule has 0 atom stereocenters. The predicted octanol–water partition coefficient (Wildman–Crippen LogP) is 2.57. The number of anilines is 1. The van der Waals surface area contributed by atoms with Gasteiger partial charge in [0, 0.05) is 17.7 Å². The van der Waals surface area contributed by atoms with Crippen molar-refractivity contribution in [3.63, 3.8) is 0 Å². The molecule has 0 saturated carbocycles. The van der Waals surface area contributed by atoms with Gasteiger partial charge >= 0.3 is 0 Å². The first kappa shape index (κ1) is 11.7. The van der Waals surface area contributed by atoms with Gasteiger partial charge in [-0.15, -0.1) is 0 Å². The molecule has 3 rings (SSSR count). The SMILES string of the molecule is CCc1occc1C(=O)c1ccc2c(c1)CC(=O)N2. The van der Waals surface area contributed by atoms with Crippen molar-refractivity contribution < 1.29 is 14.0 Å². The van der Waals surface area contributed by atoms with E-state index in [0.717, 1.165) is 11.3 Å². The first-order valence-corrected chi connectivity index (χ1v) is 6.23. The van der Waals surface area contributed by atoms with E-state index in [-0.39, 0.29) is 11.7 Å². The van der Waals surface area contributed by atoms with Crippen LogP contribution < -0.4 is 5.32 Å². The second kappa shape index (κ2) is 4.39. The van der Waals surface area contributed by atoms with E-state index in [1.54, 1.807) is 24.3 Å². The zero-order chi connectivity index (χ0) is 13.4. The maximum atomic E-state index is 12.4. The Morgan fingerprint density at radius 1 is 1.37 bits per heavy atom. The van der Waals surface area contributed by atoms with Crippen LogP contribution >= 0.6 is 0 Å². The molecule has 0 saturated heterocycles. The lowest BCUT2D eigenvalue weighted by Crippen LogP contribution is -2.03. The summed E-state index contributed by atoms with van der Waals surface area (Å²) >= 11 is 0. The number of carbonyl (C=O) groups excluding carboxylic acids is 2. The predicted molar refractivity (Wildman–Crippen MR) is 70.3 cm³/mol. The fourth-order valence-corrected chi connectivity index (χ4v) is 2.34. The molecule has 1 aromatic heterocycles. The molecule has 1 aliphatic heterocycles. The summed E-state index contributed by atoms with van der Waals surface area (Å²) in [5.74, 6) is 0.601. The number of furan rings is 1. The Bertz CT molecular complexity index is 670. The standard InChI is InChI=1S/C15H13NO3/c1-2-13-11(5-6-19-13)15(18)9-3-4-12-10(7-9)8-14(17)16-12/h3-7H,2,8H2,1H3,(H,16,17). The first-order chi connectivity index (χ1) is 9.19. The number of ketones is 1. The summed E-state index contributed by atoms with van der Waals surface area (Å²) in [6, 6.07) is 6.98.